The summed E-state index contributed by atoms with van der Waals surface area (Å²) in [5.74, 6) is -0.275. The van der Waals surface area contributed by atoms with Gasteiger partial charge in [-0.3, -0.25) is 0 Å². The van der Waals surface area contributed by atoms with Crippen molar-refractivity contribution >= 4 is 23.2 Å². The van der Waals surface area contributed by atoms with Crippen LogP contribution >= 0.6 is 23.2 Å². The van der Waals surface area contributed by atoms with Crippen molar-refractivity contribution in [3.05, 3.63) is 85.7 Å². The van der Waals surface area contributed by atoms with Gasteiger partial charge in [0.2, 0.25) is 0 Å². The number of halogens is 3. The van der Waals surface area contributed by atoms with Crippen molar-refractivity contribution in [2.45, 2.75) is 25.8 Å². The Morgan fingerprint density at radius 3 is 2.59 bits per heavy atom. The molecule has 9 heteroatoms. The van der Waals surface area contributed by atoms with Crippen LogP contribution in [0, 0.1) is 5.82 Å². The second kappa shape index (κ2) is 8.33. The highest BCUT2D eigenvalue weighted by Gasteiger charge is 2.25. The van der Waals surface area contributed by atoms with E-state index in [1.165, 1.54) is 13.2 Å². The van der Waals surface area contributed by atoms with E-state index in [2.05, 4.69) is 15.1 Å². The summed E-state index contributed by atoms with van der Waals surface area (Å²) in [6.07, 6.45) is 0.374. The molecule has 1 aromatic heterocycles. The number of nitrogens with zero attached hydrogens (tertiary/aromatic N) is 5. The highest BCUT2D eigenvalue weighted by Crippen LogP contribution is 2.31. The molecule has 0 radical (unpaired) electrons. The number of aromatic nitrogens is 2. The summed E-state index contributed by atoms with van der Waals surface area (Å²) in [6.45, 7) is 3.53. The second-order valence-corrected chi connectivity index (χ2v) is 7.77. The number of azide groups is 1. The summed E-state index contributed by atoms with van der Waals surface area (Å²) in [6, 6.07) is 11.7. The molecule has 0 N–H and O–H groups in total. The van der Waals surface area contributed by atoms with Gasteiger partial charge in [-0.25, -0.2) is 9.07 Å². The van der Waals surface area contributed by atoms with E-state index in [-0.39, 0.29) is 5.75 Å². The SMILES string of the molecule is COc1ccc(Cc2cc(C(C)(C)N=[N+]=[N-])nn2-c2ccc(Cl)cc2Cl)cc1F. The molecule has 0 amide bonds. The Morgan fingerprint density at radius 1 is 1.21 bits per heavy atom. The highest BCUT2D eigenvalue weighted by molar-refractivity contribution is 6.35. The van der Waals surface area contributed by atoms with E-state index in [1.54, 1.807) is 48.9 Å². The molecular formula is C20H18Cl2FN5O. The molecule has 2 aromatic carbocycles. The molecule has 0 aliphatic heterocycles. The largest absolute Gasteiger partial charge is 0.494 e. The fourth-order valence-electron chi connectivity index (χ4n) is 2.90. The lowest BCUT2D eigenvalue weighted by Crippen LogP contribution is -2.14. The van der Waals surface area contributed by atoms with E-state index >= 15 is 0 Å². The molecule has 0 spiro atoms. The maximum atomic E-state index is 14.1. The maximum Gasteiger partial charge on any atom is 0.165 e. The predicted molar refractivity (Wildman–Crippen MR) is 112 cm³/mol. The topological polar surface area (TPSA) is 75.8 Å². The summed E-state index contributed by atoms with van der Waals surface area (Å²) >= 11 is 12.4. The van der Waals surface area contributed by atoms with Gasteiger partial charge >= 0.3 is 0 Å². The molecule has 0 aliphatic rings. The summed E-state index contributed by atoms with van der Waals surface area (Å²) in [7, 11) is 1.42. The second-order valence-electron chi connectivity index (χ2n) is 6.92. The first-order valence-electron chi connectivity index (χ1n) is 8.68. The van der Waals surface area contributed by atoms with Gasteiger partial charge < -0.3 is 4.74 Å². The minimum Gasteiger partial charge on any atom is -0.494 e. The maximum absolute atomic E-state index is 14.1. The number of rotatable bonds is 6. The molecule has 0 unspecified atom stereocenters. The quantitative estimate of drug-likeness (QED) is 0.254. The zero-order chi connectivity index (χ0) is 21.2. The van der Waals surface area contributed by atoms with Crippen LogP contribution < -0.4 is 4.74 Å². The molecule has 0 fully saturated rings. The van der Waals surface area contributed by atoms with Crippen LogP contribution in [0.25, 0.3) is 16.1 Å². The third kappa shape index (κ3) is 4.48. The smallest absolute Gasteiger partial charge is 0.165 e. The number of benzene rings is 2. The van der Waals surface area contributed by atoms with Gasteiger partial charge in [0.25, 0.3) is 0 Å². The Labute approximate surface area is 177 Å². The molecule has 1 heterocycles. The molecule has 0 saturated heterocycles. The zero-order valence-electron chi connectivity index (χ0n) is 16.0. The lowest BCUT2D eigenvalue weighted by Gasteiger charge is -2.14. The molecule has 0 aliphatic carbocycles. The van der Waals surface area contributed by atoms with Gasteiger partial charge in [-0.1, -0.05) is 34.4 Å². The molecule has 29 heavy (non-hydrogen) atoms. The van der Waals surface area contributed by atoms with Crippen LogP contribution in [0.5, 0.6) is 5.75 Å². The standard InChI is InChI=1S/C20H18Cl2FN5O/c1-20(2,26-27-24)19-11-14(8-12-4-7-18(29-3)16(23)9-12)28(25-19)17-6-5-13(21)10-15(17)22/h4-7,9-11H,8H2,1-3H3. The van der Waals surface area contributed by atoms with Gasteiger partial charge in [-0.2, -0.15) is 5.10 Å². The summed E-state index contributed by atoms with van der Waals surface area (Å²) in [5.41, 5.74) is 10.6. The average molecular weight is 434 g/mol. The van der Waals surface area contributed by atoms with Crippen molar-refractivity contribution in [3.8, 4) is 11.4 Å². The monoisotopic (exact) mass is 433 g/mol. The minimum absolute atomic E-state index is 0.174. The van der Waals surface area contributed by atoms with Crippen molar-refractivity contribution < 1.29 is 9.13 Å². The minimum atomic E-state index is -0.876. The Balaban J connectivity index is 2.12. The molecular weight excluding hydrogens is 416 g/mol. The van der Waals surface area contributed by atoms with Gasteiger partial charge in [-0.05, 0) is 61.3 Å². The molecule has 0 bridgehead atoms. The number of ether oxygens (including phenoxy) is 1. The lowest BCUT2D eigenvalue weighted by molar-refractivity contribution is 0.386. The summed E-state index contributed by atoms with van der Waals surface area (Å²) < 4.78 is 20.8. The van der Waals surface area contributed by atoms with E-state index in [1.807, 2.05) is 6.07 Å². The van der Waals surface area contributed by atoms with Crippen LogP contribution in [0.2, 0.25) is 10.0 Å². The van der Waals surface area contributed by atoms with Gasteiger partial charge in [0.1, 0.15) is 0 Å². The van der Waals surface area contributed by atoms with Crippen LogP contribution in [-0.4, -0.2) is 16.9 Å². The normalized spacial score (nSPS) is 11.2. The van der Waals surface area contributed by atoms with E-state index in [9.17, 15) is 4.39 Å². The Morgan fingerprint density at radius 2 is 1.97 bits per heavy atom. The van der Waals surface area contributed by atoms with Gasteiger partial charge in [0, 0.05) is 22.0 Å². The Hall–Kier alpha value is -2.73. The predicted octanol–water partition coefficient (Wildman–Crippen LogP) is 6.46. The molecule has 0 atom stereocenters. The third-order valence-electron chi connectivity index (χ3n) is 4.44. The molecule has 3 aromatic rings. The first-order valence-corrected chi connectivity index (χ1v) is 9.44. The van der Waals surface area contributed by atoms with Crippen molar-refractivity contribution in [3.63, 3.8) is 0 Å². The Kier molecular flexibility index (Phi) is 6.03. The van der Waals surface area contributed by atoms with Crippen LogP contribution in [0.4, 0.5) is 4.39 Å². The summed E-state index contributed by atoms with van der Waals surface area (Å²) in [4.78, 5) is 2.91. The first-order chi connectivity index (χ1) is 13.7. The number of methoxy groups -OCH3 is 1. The highest BCUT2D eigenvalue weighted by atomic mass is 35.5. The average Bonchev–Trinajstić information content (AvgIpc) is 3.06. The Bertz CT molecular complexity index is 1110. The van der Waals surface area contributed by atoms with Crippen molar-refractivity contribution in [2.75, 3.05) is 7.11 Å². The van der Waals surface area contributed by atoms with Gasteiger partial charge in [0.05, 0.1) is 29.1 Å². The number of hydrogen-bond donors (Lipinski definition) is 0. The van der Waals surface area contributed by atoms with E-state index in [0.717, 1.165) is 11.3 Å². The van der Waals surface area contributed by atoms with Gasteiger partial charge in [-0.15, -0.1) is 0 Å². The van der Waals surface area contributed by atoms with Crippen LogP contribution in [0.3, 0.4) is 0 Å². The lowest BCUT2D eigenvalue weighted by atomic mass is 10.0. The number of hydrogen-bond acceptors (Lipinski definition) is 3. The third-order valence-corrected chi connectivity index (χ3v) is 4.98. The molecule has 150 valence electrons. The molecule has 3 rings (SSSR count). The van der Waals surface area contributed by atoms with Crippen LogP contribution in [-0.2, 0) is 12.0 Å². The fraction of sp³-hybridized carbons (Fsp3) is 0.250. The van der Waals surface area contributed by atoms with Crippen LogP contribution in [0.1, 0.15) is 30.8 Å². The van der Waals surface area contributed by atoms with E-state index < -0.39 is 11.4 Å². The van der Waals surface area contributed by atoms with Crippen molar-refractivity contribution in [2.24, 2.45) is 5.11 Å². The molecule has 6 nitrogen and oxygen atoms in total. The van der Waals surface area contributed by atoms with Crippen molar-refractivity contribution in [1.29, 1.82) is 0 Å². The zero-order valence-corrected chi connectivity index (χ0v) is 17.5. The van der Waals surface area contributed by atoms with E-state index in [0.29, 0.717) is 27.8 Å². The first kappa shape index (κ1) is 21.0. The van der Waals surface area contributed by atoms with Gasteiger partial charge in [0.15, 0.2) is 11.6 Å². The van der Waals surface area contributed by atoms with E-state index in [4.69, 9.17) is 33.5 Å². The molecule has 0 saturated carbocycles. The summed E-state index contributed by atoms with van der Waals surface area (Å²) in [5, 5.41) is 9.36. The van der Waals surface area contributed by atoms with Crippen molar-refractivity contribution in [1.82, 2.24) is 9.78 Å². The van der Waals surface area contributed by atoms with Crippen LogP contribution in [0.15, 0.2) is 47.6 Å². The fourth-order valence-corrected chi connectivity index (χ4v) is 3.39.